The molecule has 3 aromatic rings. The fraction of sp³-hybridized carbons (Fsp3) is 0.346. The first-order valence-electron chi connectivity index (χ1n) is 12.2. The third kappa shape index (κ3) is 6.67. The van der Waals surface area contributed by atoms with E-state index in [1.54, 1.807) is 45.0 Å². The average Bonchev–Trinajstić information content (AvgIpc) is 3.29. The zero-order valence-corrected chi connectivity index (χ0v) is 23.7. The molecule has 0 spiro atoms. The number of aromatic nitrogens is 2. The molecule has 0 atom stereocenters. The molecule has 13 heteroatoms. The number of piperazine rings is 1. The van der Waals surface area contributed by atoms with Crippen molar-refractivity contribution in [3.63, 3.8) is 0 Å². The topological polar surface area (TPSA) is 146 Å². The number of sulfonamides is 1. The zero-order chi connectivity index (χ0) is 28.4. The maximum atomic E-state index is 13.2. The SMILES string of the molecule is Cc1nc(-c2ccncc2)sc1C(=O)N1CCN(S(=O)(=O)c2ccc(C(=N)NC(=O)OC(C)(C)C)cc2)CC1. The van der Waals surface area contributed by atoms with Gasteiger partial charge in [-0.1, -0.05) is 0 Å². The van der Waals surface area contributed by atoms with Gasteiger partial charge in [0.25, 0.3) is 5.91 Å². The highest BCUT2D eigenvalue weighted by atomic mass is 32.2. The van der Waals surface area contributed by atoms with Crippen molar-refractivity contribution in [2.45, 2.75) is 38.2 Å². The number of alkyl carbamates (subject to hydrolysis) is 1. The summed E-state index contributed by atoms with van der Waals surface area (Å²) in [7, 11) is -3.81. The number of thiazole rings is 1. The van der Waals surface area contributed by atoms with E-state index in [0.717, 1.165) is 10.6 Å². The standard InChI is InChI=1S/C26H30N6O5S2/c1-17-21(38-23(29-17)19-9-11-28-12-10-19)24(33)31-13-15-32(16-14-31)39(35,36)20-7-5-18(6-8-20)22(27)30-25(34)37-26(2,3)4/h5-12H,13-16H2,1-4H3,(H2,27,30,34). The lowest BCUT2D eigenvalue weighted by atomic mass is 10.2. The van der Waals surface area contributed by atoms with Crippen molar-refractivity contribution in [1.29, 1.82) is 5.41 Å². The minimum Gasteiger partial charge on any atom is -0.444 e. The zero-order valence-electron chi connectivity index (χ0n) is 22.1. The van der Waals surface area contributed by atoms with Crippen molar-refractivity contribution in [2.24, 2.45) is 0 Å². The van der Waals surface area contributed by atoms with Crippen LogP contribution in [-0.4, -0.2) is 77.2 Å². The monoisotopic (exact) mass is 570 g/mol. The number of nitrogens with zero attached hydrogens (tertiary/aromatic N) is 4. The van der Waals surface area contributed by atoms with Crippen LogP contribution in [0.5, 0.6) is 0 Å². The van der Waals surface area contributed by atoms with Crippen LogP contribution in [0.25, 0.3) is 10.6 Å². The molecule has 0 radical (unpaired) electrons. The summed E-state index contributed by atoms with van der Waals surface area (Å²) in [6.07, 6.45) is 2.58. The Morgan fingerprint density at radius 2 is 1.64 bits per heavy atom. The smallest absolute Gasteiger partial charge is 0.413 e. The molecular formula is C26H30N6O5S2. The lowest BCUT2D eigenvalue weighted by molar-refractivity contribution is 0.0562. The summed E-state index contributed by atoms with van der Waals surface area (Å²) in [6, 6.07) is 9.38. The normalized spacial score (nSPS) is 14.6. The summed E-state index contributed by atoms with van der Waals surface area (Å²) in [4.78, 5) is 35.9. The number of benzene rings is 1. The van der Waals surface area contributed by atoms with E-state index in [4.69, 9.17) is 10.1 Å². The van der Waals surface area contributed by atoms with Crippen LogP contribution in [0.3, 0.4) is 0 Å². The van der Waals surface area contributed by atoms with E-state index in [2.05, 4.69) is 15.3 Å². The van der Waals surface area contributed by atoms with Crippen LogP contribution in [0.1, 0.15) is 41.7 Å². The lowest BCUT2D eigenvalue weighted by Crippen LogP contribution is -2.50. The Morgan fingerprint density at radius 1 is 1.03 bits per heavy atom. The molecule has 11 nitrogen and oxygen atoms in total. The van der Waals surface area contributed by atoms with Crippen LogP contribution in [0.15, 0.2) is 53.7 Å². The summed E-state index contributed by atoms with van der Waals surface area (Å²) in [6.45, 7) is 7.75. The third-order valence-corrected chi connectivity index (χ3v) is 8.96. The molecule has 3 heterocycles. The molecule has 1 aliphatic heterocycles. The fourth-order valence-corrected chi connectivity index (χ4v) is 6.37. The Bertz CT molecular complexity index is 1470. The maximum absolute atomic E-state index is 13.2. The van der Waals surface area contributed by atoms with Gasteiger partial charge in [0.1, 0.15) is 21.3 Å². The van der Waals surface area contributed by atoms with E-state index < -0.39 is 21.7 Å². The largest absolute Gasteiger partial charge is 0.444 e. The molecule has 1 aromatic carbocycles. The first-order valence-corrected chi connectivity index (χ1v) is 14.5. The van der Waals surface area contributed by atoms with Gasteiger partial charge in [-0.05, 0) is 64.1 Å². The van der Waals surface area contributed by atoms with Crippen molar-refractivity contribution in [3.8, 4) is 10.6 Å². The number of carbonyl (C=O) groups is 2. The van der Waals surface area contributed by atoms with Crippen molar-refractivity contribution in [1.82, 2.24) is 24.5 Å². The molecule has 0 bridgehead atoms. The number of hydrogen-bond acceptors (Lipinski definition) is 9. The van der Waals surface area contributed by atoms with Crippen LogP contribution in [0.4, 0.5) is 4.79 Å². The van der Waals surface area contributed by atoms with E-state index >= 15 is 0 Å². The Morgan fingerprint density at radius 3 is 2.23 bits per heavy atom. The van der Waals surface area contributed by atoms with Gasteiger partial charge in [0.15, 0.2) is 0 Å². The Hall–Kier alpha value is -3.68. The van der Waals surface area contributed by atoms with Gasteiger partial charge in [0.2, 0.25) is 10.0 Å². The molecule has 1 fully saturated rings. The third-order valence-electron chi connectivity index (χ3n) is 5.85. The molecule has 0 aliphatic carbocycles. The molecule has 39 heavy (non-hydrogen) atoms. The Labute approximate surface area is 231 Å². The molecule has 0 unspecified atom stereocenters. The highest BCUT2D eigenvalue weighted by Crippen LogP contribution is 2.29. The van der Waals surface area contributed by atoms with Crippen molar-refractivity contribution >= 4 is 39.2 Å². The van der Waals surface area contributed by atoms with Crippen LogP contribution >= 0.6 is 11.3 Å². The number of nitrogens with one attached hydrogen (secondary N) is 2. The van der Waals surface area contributed by atoms with Gasteiger partial charge in [-0.2, -0.15) is 4.31 Å². The molecule has 1 saturated heterocycles. The lowest BCUT2D eigenvalue weighted by Gasteiger charge is -2.33. The first-order chi connectivity index (χ1) is 18.3. The summed E-state index contributed by atoms with van der Waals surface area (Å²) in [5, 5.41) is 11.1. The van der Waals surface area contributed by atoms with Crippen LogP contribution in [-0.2, 0) is 14.8 Å². The number of pyridine rings is 1. The summed E-state index contributed by atoms with van der Waals surface area (Å²) in [5.41, 5.74) is 1.15. The predicted molar refractivity (Wildman–Crippen MR) is 147 cm³/mol. The number of rotatable bonds is 5. The van der Waals surface area contributed by atoms with E-state index in [9.17, 15) is 18.0 Å². The molecule has 2 N–H and O–H groups in total. The van der Waals surface area contributed by atoms with Crippen LogP contribution in [0.2, 0.25) is 0 Å². The number of aryl methyl sites for hydroxylation is 1. The second kappa shape index (κ2) is 11.2. The summed E-state index contributed by atoms with van der Waals surface area (Å²) in [5.74, 6) is -0.367. The average molecular weight is 571 g/mol. The minimum absolute atomic E-state index is 0.0661. The number of ether oxygens (including phenoxy) is 1. The second-order valence-electron chi connectivity index (χ2n) is 9.89. The van der Waals surface area contributed by atoms with Crippen molar-refractivity contribution in [3.05, 3.63) is 64.9 Å². The molecule has 0 saturated carbocycles. The van der Waals surface area contributed by atoms with Crippen LogP contribution in [0, 0.1) is 12.3 Å². The van der Waals surface area contributed by atoms with Crippen molar-refractivity contribution < 1.29 is 22.7 Å². The van der Waals surface area contributed by atoms with E-state index in [-0.39, 0.29) is 42.8 Å². The van der Waals surface area contributed by atoms with Crippen molar-refractivity contribution in [2.75, 3.05) is 26.2 Å². The predicted octanol–water partition coefficient (Wildman–Crippen LogP) is 3.51. The van der Waals surface area contributed by atoms with Crippen LogP contribution < -0.4 is 5.32 Å². The van der Waals surface area contributed by atoms with E-state index in [0.29, 0.717) is 16.1 Å². The molecule has 4 rings (SSSR count). The number of amidine groups is 1. The van der Waals surface area contributed by atoms with E-state index in [1.165, 1.54) is 39.9 Å². The molecule has 2 aromatic heterocycles. The first kappa shape index (κ1) is 28.3. The second-order valence-corrected chi connectivity index (χ2v) is 12.8. The molecular weight excluding hydrogens is 540 g/mol. The molecule has 1 aliphatic rings. The van der Waals surface area contributed by atoms with Gasteiger partial charge in [0, 0.05) is 49.7 Å². The van der Waals surface area contributed by atoms with Gasteiger partial charge in [-0.15, -0.1) is 11.3 Å². The minimum atomic E-state index is -3.81. The highest BCUT2D eigenvalue weighted by molar-refractivity contribution is 7.89. The Kier molecular flexibility index (Phi) is 8.14. The fourth-order valence-electron chi connectivity index (χ4n) is 3.91. The van der Waals surface area contributed by atoms with Gasteiger partial charge in [-0.25, -0.2) is 18.2 Å². The van der Waals surface area contributed by atoms with Gasteiger partial charge < -0.3 is 9.64 Å². The number of amides is 2. The van der Waals surface area contributed by atoms with E-state index in [1.807, 2.05) is 12.1 Å². The summed E-state index contributed by atoms with van der Waals surface area (Å²) < 4.78 is 32.9. The Balaban J connectivity index is 1.37. The molecule has 2 amide bonds. The highest BCUT2D eigenvalue weighted by Gasteiger charge is 2.32. The quantitative estimate of drug-likeness (QED) is 0.353. The number of hydrogen-bond donors (Lipinski definition) is 2. The molecule has 206 valence electrons. The number of carbonyl (C=O) groups excluding carboxylic acids is 2. The van der Waals surface area contributed by atoms with Gasteiger partial charge in [0.05, 0.1) is 10.6 Å². The van der Waals surface area contributed by atoms with Gasteiger partial charge in [-0.3, -0.25) is 20.5 Å². The van der Waals surface area contributed by atoms with Gasteiger partial charge >= 0.3 is 6.09 Å². The summed E-state index contributed by atoms with van der Waals surface area (Å²) >= 11 is 1.31. The maximum Gasteiger partial charge on any atom is 0.413 e.